The van der Waals surface area contributed by atoms with Crippen molar-refractivity contribution in [1.82, 2.24) is 4.90 Å². The number of carbonyl (C=O) groups excluding carboxylic acids is 2. The molecule has 0 aliphatic carbocycles. The lowest BCUT2D eigenvalue weighted by Crippen LogP contribution is -2.44. The number of nitrogens with zero attached hydrogens (tertiary/aromatic N) is 1. The van der Waals surface area contributed by atoms with Gasteiger partial charge in [0, 0.05) is 19.0 Å². The molecular weight excluding hydrogens is 365 g/mol. The molecule has 7 heteroatoms. The zero-order valence-electron chi connectivity index (χ0n) is 17.1. The van der Waals surface area contributed by atoms with E-state index in [4.69, 9.17) is 14.2 Å². The quantitative estimate of drug-likeness (QED) is 0.679. The SMILES string of the molecule is CCOC(=O)CO[C@@H](c1cccc(F)c1)[C@@H]1CCCN(C(=O)OC(C)(C)C)C1. The molecule has 2 rings (SSSR count). The van der Waals surface area contributed by atoms with Gasteiger partial charge in [0.1, 0.15) is 18.0 Å². The molecule has 1 fully saturated rings. The molecule has 1 amide bonds. The first-order valence-corrected chi connectivity index (χ1v) is 9.70. The van der Waals surface area contributed by atoms with E-state index in [2.05, 4.69) is 0 Å². The van der Waals surface area contributed by atoms with E-state index in [1.54, 1.807) is 24.0 Å². The lowest BCUT2D eigenvalue weighted by Gasteiger charge is -2.37. The van der Waals surface area contributed by atoms with Gasteiger partial charge < -0.3 is 19.1 Å². The Labute approximate surface area is 165 Å². The number of benzene rings is 1. The van der Waals surface area contributed by atoms with Gasteiger partial charge >= 0.3 is 12.1 Å². The first-order valence-electron chi connectivity index (χ1n) is 9.70. The molecule has 0 unspecified atom stereocenters. The Balaban J connectivity index is 2.14. The van der Waals surface area contributed by atoms with E-state index < -0.39 is 17.7 Å². The maximum absolute atomic E-state index is 13.8. The molecule has 1 saturated heterocycles. The highest BCUT2D eigenvalue weighted by Crippen LogP contribution is 2.33. The van der Waals surface area contributed by atoms with E-state index in [1.165, 1.54) is 12.1 Å². The highest BCUT2D eigenvalue weighted by atomic mass is 19.1. The van der Waals surface area contributed by atoms with Crippen molar-refractivity contribution in [2.24, 2.45) is 5.92 Å². The van der Waals surface area contributed by atoms with Crippen molar-refractivity contribution in [3.8, 4) is 0 Å². The number of esters is 1. The summed E-state index contributed by atoms with van der Waals surface area (Å²) in [6, 6.07) is 6.15. The van der Waals surface area contributed by atoms with Gasteiger partial charge in [0.15, 0.2) is 0 Å². The van der Waals surface area contributed by atoms with Crippen molar-refractivity contribution in [1.29, 1.82) is 0 Å². The van der Waals surface area contributed by atoms with E-state index in [0.29, 0.717) is 18.7 Å². The topological polar surface area (TPSA) is 65.1 Å². The van der Waals surface area contributed by atoms with E-state index >= 15 is 0 Å². The molecule has 6 nitrogen and oxygen atoms in total. The third-order valence-electron chi connectivity index (χ3n) is 4.40. The maximum atomic E-state index is 13.8. The van der Waals surface area contributed by atoms with Crippen molar-refractivity contribution in [3.05, 3.63) is 35.6 Å². The fourth-order valence-corrected chi connectivity index (χ4v) is 3.30. The van der Waals surface area contributed by atoms with E-state index in [0.717, 1.165) is 12.8 Å². The number of likely N-dealkylation sites (tertiary alicyclic amines) is 1. The summed E-state index contributed by atoms with van der Waals surface area (Å²) >= 11 is 0. The van der Waals surface area contributed by atoms with Crippen LogP contribution in [0.15, 0.2) is 24.3 Å². The summed E-state index contributed by atoms with van der Waals surface area (Å²) in [7, 11) is 0. The van der Waals surface area contributed by atoms with Crippen LogP contribution in [-0.2, 0) is 19.0 Å². The van der Waals surface area contributed by atoms with Crippen LogP contribution in [0.25, 0.3) is 0 Å². The van der Waals surface area contributed by atoms with Crippen molar-refractivity contribution in [2.75, 3.05) is 26.3 Å². The van der Waals surface area contributed by atoms with Gasteiger partial charge in [0.05, 0.1) is 12.7 Å². The molecule has 1 aliphatic rings. The number of amides is 1. The van der Waals surface area contributed by atoms with Crippen molar-refractivity contribution < 1.29 is 28.2 Å². The Kier molecular flexibility index (Phi) is 7.80. The Bertz CT molecular complexity index is 673. The average molecular weight is 395 g/mol. The van der Waals surface area contributed by atoms with Crippen LogP contribution in [-0.4, -0.2) is 48.9 Å². The second-order valence-corrected chi connectivity index (χ2v) is 7.92. The number of ether oxygens (including phenoxy) is 3. The van der Waals surface area contributed by atoms with Gasteiger partial charge in [-0.1, -0.05) is 12.1 Å². The molecule has 28 heavy (non-hydrogen) atoms. The molecule has 1 aromatic carbocycles. The molecule has 1 aromatic rings. The molecule has 0 N–H and O–H groups in total. The molecule has 0 spiro atoms. The normalized spacial score (nSPS) is 18.5. The molecule has 156 valence electrons. The summed E-state index contributed by atoms with van der Waals surface area (Å²) in [5.74, 6) is -0.928. The summed E-state index contributed by atoms with van der Waals surface area (Å²) in [5.41, 5.74) is 0.0622. The van der Waals surface area contributed by atoms with Crippen LogP contribution in [0.3, 0.4) is 0 Å². The summed E-state index contributed by atoms with van der Waals surface area (Å²) in [6.45, 7) is 8.25. The van der Waals surface area contributed by atoms with Crippen LogP contribution >= 0.6 is 0 Å². The molecule has 1 heterocycles. The van der Waals surface area contributed by atoms with Crippen molar-refractivity contribution >= 4 is 12.1 Å². The smallest absolute Gasteiger partial charge is 0.410 e. The highest BCUT2D eigenvalue weighted by Gasteiger charge is 2.33. The number of piperidine rings is 1. The predicted octanol–water partition coefficient (Wildman–Crippen LogP) is 4.09. The summed E-state index contributed by atoms with van der Waals surface area (Å²) < 4.78 is 30.0. The zero-order chi connectivity index (χ0) is 20.7. The minimum absolute atomic E-state index is 0.0857. The minimum Gasteiger partial charge on any atom is -0.464 e. The number of hydrogen-bond donors (Lipinski definition) is 0. The molecule has 0 radical (unpaired) electrons. The number of carbonyl (C=O) groups is 2. The fourth-order valence-electron chi connectivity index (χ4n) is 3.30. The first kappa shape index (κ1) is 22.1. The van der Waals surface area contributed by atoms with Crippen LogP contribution in [0, 0.1) is 11.7 Å². The van der Waals surface area contributed by atoms with Gasteiger partial charge in [-0.15, -0.1) is 0 Å². The lowest BCUT2D eigenvalue weighted by molar-refractivity contribution is -0.152. The minimum atomic E-state index is -0.577. The molecule has 0 saturated carbocycles. The second kappa shape index (κ2) is 9.87. The molecule has 2 atom stereocenters. The van der Waals surface area contributed by atoms with Crippen LogP contribution < -0.4 is 0 Å². The molecule has 1 aliphatic heterocycles. The van der Waals surface area contributed by atoms with E-state index in [1.807, 2.05) is 20.8 Å². The standard InChI is InChI=1S/C21H30FNO5/c1-5-26-18(24)14-27-19(15-8-6-10-17(22)12-15)16-9-7-11-23(13-16)20(25)28-21(2,3)4/h6,8,10,12,16,19H,5,7,9,11,13-14H2,1-4H3/t16-,19+/m1/s1. The second-order valence-electron chi connectivity index (χ2n) is 7.92. The highest BCUT2D eigenvalue weighted by molar-refractivity contribution is 5.70. The number of rotatable bonds is 6. The van der Waals surface area contributed by atoms with Gasteiger partial charge in [-0.25, -0.2) is 14.0 Å². The molecule has 0 bridgehead atoms. The van der Waals surface area contributed by atoms with Gasteiger partial charge in [-0.2, -0.15) is 0 Å². The molecule has 0 aromatic heterocycles. The van der Waals surface area contributed by atoms with Crippen LogP contribution in [0.4, 0.5) is 9.18 Å². The van der Waals surface area contributed by atoms with Gasteiger partial charge in [0.2, 0.25) is 0 Å². The monoisotopic (exact) mass is 395 g/mol. The third-order valence-corrected chi connectivity index (χ3v) is 4.40. The van der Waals surface area contributed by atoms with Crippen molar-refractivity contribution in [2.45, 2.75) is 52.2 Å². The van der Waals surface area contributed by atoms with E-state index in [-0.39, 0.29) is 31.0 Å². The Hall–Kier alpha value is -2.15. The summed E-state index contributed by atoms with van der Waals surface area (Å²) in [4.78, 5) is 25.9. The van der Waals surface area contributed by atoms with Gasteiger partial charge in [-0.3, -0.25) is 0 Å². The summed E-state index contributed by atoms with van der Waals surface area (Å²) in [5, 5.41) is 0. The zero-order valence-corrected chi connectivity index (χ0v) is 17.1. The lowest BCUT2D eigenvalue weighted by atomic mass is 9.88. The first-order chi connectivity index (χ1) is 13.2. The summed E-state index contributed by atoms with van der Waals surface area (Å²) in [6.07, 6.45) is 0.674. The van der Waals surface area contributed by atoms with Gasteiger partial charge in [0.25, 0.3) is 0 Å². The Morgan fingerprint density at radius 3 is 2.71 bits per heavy atom. The van der Waals surface area contributed by atoms with Crippen molar-refractivity contribution in [3.63, 3.8) is 0 Å². The maximum Gasteiger partial charge on any atom is 0.410 e. The van der Waals surface area contributed by atoms with E-state index in [9.17, 15) is 14.0 Å². The number of hydrogen-bond acceptors (Lipinski definition) is 5. The Morgan fingerprint density at radius 2 is 2.07 bits per heavy atom. The third kappa shape index (κ3) is 6.78. The van der Waals surface area contributed by atoms with Crippen LogP contribution in [0.1, 0.15) is 52.2 Å². The number of halogens is 1. The van der Waals surface area contributed by atoms with Crippen LogP contribution in [0.5, 0.6) is 0 Å². The predicted molar refractivity (Wildman–Crippen MR) is 102 cm³/mol. The largest absolute Gasteiger partial charge is 0.464 e. The van der Waals surface area contributed by atoms with Crippen LogP contribution in [0.2, 0.25) is 0 Å². The Morgan fingerprint density at radius 1 is 1.32 bits per heavy atom. The fraction of sp³-hybridized carbons (Fsp3) is 0.619. The average Bonchev–Trinajstić information content (AvgIpc) is 2.61. The molecular formula is C21H30FNO5. The van der Waals surface area contributed by atoms with Gasteiger partial charge in [-0.05, 0) is 58.2 Å².